The minimum atomic E-state index is -0.528. The van der Waals surface area contributed by atoms with E-state index in [4.69, 9.17) is 4.74 Å². The fourth-order valence-electron chi connectivity index (χ4n) is 3.76. The number of carbonyl (C=O) groups excluding carboxylic acids is 1. The highest BCUT2D eigenvalue weighted by atomic mass is 16.5. The predicted molar refractivity (Wildman–Crippen MR) is 104 cm³/mol. The number of carbonyl (C=O) groups is 1. The van der Waals surface area contributed by atoms with Gasteiger partial charge in [0.2, 0.25) is 5.91 Å². The highest BCUT2D eigenvalue weighted by molar-refractivity contribution is 5.88. The molecule has 5 nitrogen and oxygen atoms in total. The van der Waals surface area contributed by atoms with E-state index in [0.717, 1.165) is 16.8 Å². The van der Waals surface area contributed by atoms with Gasteiger partial charge in [-0.25, -0.2) is 4.68 Å². The Labute approximate surface area is 159 Å². The second-order valence-electron chi connectivity index (χ2n) is 6.82. The summed E-state index contributed by atoms with van der Waals surface area (Å²) in [5.74, 6) is 0.0623. The lowest BCUT2D eigenvalue weighted by molar-refractivity contribution is -0.130. The number of ether oxygens (including phenoxy) is 1. The topological polar surface area (TPSA) is 56.2 Å². The summed E-state index contributed by atoms with van der Waals surface area (Å²) in [5.41, 5.74) is 2.54. The van der Waals surface area contributed by atoms with Gasteiger partial charge in [-0.2, -0.15) is 5.10 Å². The van der Waals surface area contributed by atoms with E-state index in [2.05, 4.69) is 10.4 Å². The number of benzene rings is 2. The third kappa shape index (κ3) is 3.51. The maximum Gasteiger partial charge on any atom is 0.231 e. The first-order valence-electron chi connectivity index (χ1n) is 9.29. The standard InChI is InChI=1S/C22H23N3O2/c26-21(22(11-15-27-16-12-22)19-8-2-1-3-9-19)23-17-18-7-4-5-10-20(18)25-14-6-13-24-25/h1-10,13-14H,11-12,15-17H2,(H,23,26). The van der Waals surface area contributed by atoms with Crippen molar-refractivity contribution in [2.75, 3.05) is 13.2 Å². The number of aromatic nitrogens is 2. The molecular formula is C22H23N3O2. The molecule has 5 heteroatoms. The lowest BCUT2D eigenvalue weighted by Crippen LogP contribution is -2.47. The Bertz CT molecular complexity index is 885. The van der Waals surface area contributed by atoms with Crippen LogP contribution in [-0.2, 0) is 21.5 Å². The van der Waals surface area contributed by atoms with E-state index in [1.165, 1.54) is 0 Å². The fraction of sp³-hybridized carbons (Fsp3) is 0.273. The number of nitrogens with one attached hydrogen (secondary N) is 1. The molecule has 3 aromatic rings. The van der Waals surface area contributed by atoms with Crippen LogP contribution in [-0.4, -0.2) is 28.9 Å². The molecule has 27 heavy (non-hydrogen) atoms. The normalized spacial score (nSPS) is 16.0. The Morgan fingerprint density at radius 1 is 1.04 bits per heavy atom. The van der Waals surface area contributed by atoms with Crippen molar-refractivity contribution >= 4 is 5.91 Å². The van der Waals surface area contributed by atoms with E-state index in [1.807, 2.05) is 71.5 Å². The molecule has 0 aliphatic carbocycles. The van der Waals surface area contributed by atoms with Crippen molar-refractivity contribution < 1.29 is 9.53 Å². The molecule has 4 rings (SSSR count). The lowest BCUT2D eigenvalue weighted by atomic mass is 9.73. The minimum Gasteiger partial charge on any atom is -0.381 e. The van der Waals surface area contributed by atoms with Crippen LogP contribution in [0.1, 0.15) is 24.0 Å². The van der Waals surface area contributed by atoms with E-state index in [9.17, 15) is 4.79 Å². The molecule has 1 aromatic heterocycles. The van der Waals surface area contributed by atoms with Crippen LogP contribution in [0.4, 0.5) is 0 Å². The average Bonchev–Trinajstić information content (AvgIpc) is 3.28. The summed E-state index contributed by atoms with van der Waals surface area (Å²) in [6.07, 6.45) is 5.06. The van der Waals surface area contributed by atoms with Crippen LogP contribution < -0.4 is 5.32 Å². The first-order chi connectivity index (χ1) is 13.3. The molecular weight excluding hydrogens is 338 g/mol. The Morgan fingerprint density at radius 2 is 1.78 bits per heavy atom. The van der Waals surface area contributed by atoms with Gasteiger partial charge >= 0.3 is 0 Å². The third-order valence-electron chi connectivity index (χ3n) is 5.29. The Kier molecular flexibility index (Phi) is 5.03. The zero-order chi connectivity index (χ0) is 18.5. The van der Waals surface area contributed by atoms with Crippen LogP contribution in [0.25, 0.3) is 5.69 Å². The summed E-state index contributed by atoms with van der Waals surface area (Å²) < 4.78 is 7.36. The van der Waals surface area contributed by atoms with Gasteiger partial charge in [0.05, 0.1) is 11.1 Å². The van der Waals surface area contributed by atoms with Crippen LogP contribution in [0, 0.1) is 0 Å². The summed E-state index contributed by atoms with van der Waals surface area (Å²) in [7, 11) is 0. The molecule has 2 heterocycles. The van der Waals surface area contributed by atoms with Crippen molar-refractivity contribution in [3.8, 4) is 5.69 Å². The van der Waals surface area contributed by atoms with Crippen LogP contribution in [0.15, 0.2) is 73.1 Å². The lowest BCUT2D eigenvalue weighted by Gasteiger charge is -2.36. The minimum absolute atomic E-state index is 0.0623. The second kappa shape index (κ2) is 7.76. The van der Waals surface area contributed by atoms with Gasteiger partial charge in [0.15, 0.2) is 0 Å². The molecule has 0 unspecified atom stereocenters. The first kappa shape index (κ1) is 17.5. The molecule has 1 fully saturated rings. The first-order valence-corrected chi connectivity index (χ1v) is 9.29. The van der Waals surface area contributed by atoms with Crippen molar-refractivity contribution in [1.82, 2.24) is 15.1 Å². The molecule has 0 spiro atoms. The van der Waals surface area contributed by atoms with E-state index < -0.39 is 5.41 Å². The number of amides is 1. The Balaban J connectivity index is 1.57. The number of rotatable bonds is 5. The maximum absolute atomic E-state index is 13.3. The third-order valence-corrected chi connectivity index (χ3v) is 5.29. The predicted octanol–water partition coefficient (Wildman–Crippen LogP) is 3.24. The molecule has 1 aliphatic rings. The molecule has 0 radical (unpaired) electrons. The van der Waals surface area contributed by atoms with Gasteiger partial charge in [0, 0.05) is 32.2 Å². The van der Waals surface area contributed by atoms with Gasteiger partial charge < -0.3 is 10.1 Å². The summed E-state index contributed by atoms with van der Waals surface area (Å²) in [4.78, 5) is 13.3. The second-order valence-corrected chi connectivity index (χ2v) is 6.82. The smallest absolute Gasteiger partial charge is 0.231 e. The van der Waals surface area contributed by atoms with Gasteiger partial charge in [-0.05, 0) is 36.1 Å². The van der Waals surface area contributed by atoms with Crippen molar-refractivity contribution in [3.63, 3.8) is 0 Å². The van der Waals surface area contributed by atoms with E-state index in [-0.39, 0.29) is 5.91 Å². The van der Waals surface area contributed by atoms with Crippen molar-refractivity contribution in [1.29, 1.82) is 0 Å². The quantitative estimate of drug-likeness (QED) is 0.759. The van der Waals surface area contributed by atoms with Crippen molar-refractivity contribution in [3.05, 3.63) is 84.2 Å². The zero-order valence-corrected chi connectivity index (χ0v) is 15.2. The molecule has 0 bridgehead atoms. The van der Waals surface area contributed by atoms with Crippen LogP contribution in [0.5, 0.6) is 0 Å². The summed E-state index contributed by atoms with van der Waals surface area (Å²) in [5, 5.41) is 7.49. The Morgan fingerprint density at radius 3 is 2.52 bits per heavy atom. The average molecular weight is 361 g/mol. The number of para-hydroxylation sites is 1. The van der Waals surface area contributed by atoms with Crippen LogP contribution in [0.3, 0.4) is 0 Å². The highest BCUT2D eigenvalue weighted by Crippen LogP contribution is 2.35. The van der Waals surface area contributed by atoms with Gasteiger partial charge in [-0.3, -0.25) is 4.79 Å². The van der Waals surface area contributed by atoms with E-state index in [0.29, 0.717) is 32.6 Å². The monoisotopic (exact) mass is 361 g/mol. The molecule has 1 N–H and O–H groups in total. The summed E-state index contributed by atoms with van der Waals surface area (Å²) in [6, 6.07) is 19.9. The van der Waals surface area contributed by atoms with Crippen LogP contribution >= 0.6 is 0 Å². The molecule has 0 saturated carbocycles. The molecule has 1 aliphatic heterocycles. The molecule has 2 aromatic carbocycles. The molecule has 1 saturated heterocycles. The summed E-state index contributed by atoms with van der Waals surface area (Å²) in [6.45, 7) is 1.67. The maximum atomic E-state index is 13.3. The largest absolute Gasteiger partial charge is 0.381 e. The van der Waals surface area contributed by atoms with Crippen molar-refractivity contribution in [2.24, 2.45) is 0 Å². The van der Waals surface area contributed by atoms with Crippen molar-refractivity contribution in [2.45, 2.75) is 24.8 Å². The van der Waals surface area contributed by atoms with Gasteiger partial charge in [-0.1, -0.05) is 48.5 Å². The molecule has 0 atom stereocenters. The van der Waals surface area contributed by atoms with Gasteiger partial charge in [-0.15, -0.1) is 0 Å². The van der Waals surface area contributed by atoms with Gasteiger partial charge in [0.25, 0.3) is 0 Å². The van der Waals surface area contributed by atoms with Crippen LogP contribution in [0.2, 0.25) is 0 Å². The fourth-order valence-corrected chi connectivity index (χ4v) is 3.76. The number of hydrogen-bond acceptors (Lipinski definition) is 3. The summed E-state index contributed by atoms with van der Waals surface area (Å²) >= 11 is 0. The zero-order valence-electron chi connectivity index (χ0n) is 15.2. The van der Waals surface area contributed by atoms with E-state index in [1.54, 1.807) is 6.20 Å². The Hall–Kier alpha value is -2.92. The van der Waals surface area contributed by atoms with E-state index >= 15 is 0 Å². The molecule has 138 valence electrons. The number of nitrogens with zero attached hydrogens (tertiary/aromatic N) is 2. The highest BCUT2D eigenvalue weighted by Gasteiger charge is 2.41. The number of hydrogen-bond donors (Lipinski definition) is 1. The molecule has 1 amide bonds. The van der Waals surface area contributed by atoms with Gasteiger partial charge in [0.1, 0.15) is 0 Å². The SMILES string of the molecule is O=C(NCc1ccccc1-n1cccn1)C1(c2ccccc2)CCOCC1.